The van der Waals surface area contributed by atoms with E-state index in [1.807, 2.05) is 19.9 Å². The first kappa shape index (κ1) is 24.6. The zero-order chi connectivity index (χ0) is 23.8. The van der Waals surface area contributed by atoms with Crippen LogP contribution in [0.3, 0.4) is 0 Å². The molecule has 1 fully saturated rings. The topological polar surface area (TPSA) is 91.3 Å². The maximum atomic E-state index is 12.9. The molecule has 0 saturated carbocycles. The first-order valence-corrected chi connectivity index (χ1v) is 11.0. The third-order valence-electron chi connectivity index (χ3n) is 5.59. The molecule has 1 aliphatic rings. The third kappa shape index (κ3) is 6.28. The Morgan fingerprint density at radius 3 is 1.94 bits per heavy atom. The summed E-state index contributed by atoms with van der Waals surface area (Å²) in [5.74, 6) is -1.37. The number of aliphatic hydroxyl groups is 1. The first-order chi connectivity index (χ1) is 15.9. The van der Waals surface area contributed by atoms with Gasteiger partial charge in [0.1, 0.15) is 6.10 Å². The minimum Gasteiger partial charge on any atom is -0.454 e. The van der Waals surface area contributed by atoms with Crippen molar-refractivity contribution in [2.75, 3.05) is 13.2 Å². The van der Waals surface area contributed by atoms with Crippen LogP contribution in [0.15, 0.2) is 72.8 Å². The van der Waals surface area contributed by atoms with Crippen molar-refractivity contribution in [2.24, 2.45) is 5.92 Å². The van der Waals surface area contributed by atoms with Gasteiger partial charge in [0.15, 0.2) is 12.4 Å². The van der Waals surface area contributed by atoms with Crippen molar-refractivity contribution < 1.29 is 33.6 Å². The summed E-state index contributed by atoms with van der Waals surface area (Å²) in [5, 5.41) is 9.29. The number of hydrogen-bond donors (Lipinski definition) is 1. The molecule has 5 atom stereocenters. The summed E-state index contributed by atoms with van der Waals surface area (Å²) < 4.78 is 23.6. The fraction of sp³-hybridized carbons (Fsp3) is 0.385. The van der Waals surface area contributed by atoms with Gasteiger partial charge in [-0.15, -0.1) is 0 Å². The lowest BCUT2D eigenvalue weighted by molar-refractivity contribution is -0.280. The Kier molecular flexibility index (Phi) is 8.77. The largest absolute Gasteiger partial charge is 0.454 e. The van der Waals surface area contributed by atoms with Gasteiger partial charge < -0.3 is 24.1 Å². The number of rotatable bonds is 9. The van der Waals surface area contributed by atoms with Crippen LogP contribution < -0.4 is 0 Å². The van der Waals surface area contributed by atoms with Crippen LogP contribution in [0.4, 0.5) is 0 Å². The minimum atomic E-state index is -1.02. The van der Waals surface area contributed by atoms with Crippen LogP contribution in [0.2, 0.25) is 0 Å². The molecular formula is C26H30O7. The van der Waals surface area contributed by atoms with Crippen molar-refractivity contribution >= 4 is 11.9 Å². The molecule has 1 N–H and O–H groups in total. The molecule has 1 saturated heterocycles. The van der Waals surface area contributed by atoms with E-state index in [1.165, 1.54) is 0 Å². The molecule has 0 spiro atoms. The standard InChI is InChI=1S/C26H30O7/c1-4-21-18(3)22(32-24(28)19-11-7-5-8-12-19)23(26(31-21)30-16-17(2)15-27)33-25(29)20-13-9-6-10-14-20/h5-14,18,21-23,26-27H,2,4,15-16H2,1,3H3/t18-,21-,22+,23-,26-/m1/s1. The van der Waals surface area contributed by atoms with Gasteiger partial charge in [-0.2, -0.15) is 0 Å². The monoisotopic (exact) mass is 454 g/mol. The van der Waals surface area contributed by atoms with Crippen molar-refractivity contribution in [1.29, 1.82) is 0 Å². The number of aliphatic hydroxyl groups excluding tert-OH is 1. The number of benzene rings is 2. The van der Waals surface area contributed by atoms with E-state index < -0.39 is 30.4 Å². The van der Waals surface area contributed by atoms with Gasteiger partial charge >= 0.3 is 11.9 Å². The Morgan fingerprint density at radius 2 is 1.45 bits per heavy atom. The van der Waals surface area contributed by atoms with Crippen LogP contribution in [0, 0.1) is 5.92 Å². The summed E-state index contributed by atoms with van der Waals surface area (Å²) in [4.78, 5) is 25.8. The molecule has 0 aliphatic carbocycles. The van der Waals surface area contributed by atoms with Gasteiger partial charge in [-0.25, -0.2) is 9.59 Å². The molecule has 0 aromatic heterocycles. The smallest absolute Gasteiger partial charge is 0.338 e. The second kappa shape index (κ2) is 11.7. The van der Waals surface area contributed by atoms with Gasteiger partial charge in [0.05, 0.1) is 30.4 Å². The van der Waals surface area contributed by atoms with E-state index in [1.54, 1.807) is 54.6 Å². The van der Waals surface area contributed by atoms with E-state index >= 15 is 0 Å². The highest BCUT2D eigenvalue weighted by molar-refractivity contribution is 5.90. The quantitative estimate of drug-likeness (QED) is 0.455. The van der Waals surface area contributed by atoms with Gasteiger partial charge in [0.2, 0.25) is 0 Å². The van der Waals surface area contributed by atoms with Gasteiger partial charge in [-0.3, -0.25) is 0 Å². The van der Waals surface area contributed by atoms with Crippen LogP contribution >= 0.6 is 0 Å². The molecule has 0 bridgehead atoms. The molecule has 3 rings (SSSR count). The summed E-state index contributed by atoms with van der Waals surface area (Å²) in [6.45, 7) is 7.33. The molecule has 0 unspecified atom stereocenters. The highest BCUT2D eigenvalue weighted by Crippen LogP contribution is 2.33. The number of ether oxygens (including phenoxy) is 4. The van der Waals surface area contributed by atoms with Gasteiger partial charge in [-0.05, 0) is 36.3 Å². The molecule has 2 aromatic carbocycles. The van der Waals surface area contributed by atoms with E-state index in [0.29, 0.717) is 23.1 Å². The van der Waals surface area contributed by atoms with Crippen molar-refractivity contribution in [3.63, 3.8) is 0 Å². The van der Waals surface area contributed by atoms with Crippen LogP contribution in [0.1, 0.15) is 41.0 Å². The predicted molar refractivity (Wildman–Crippen MR) is 122 cm³/mol. The Bertz CT molecular complexity index is 928. The fourth-order valence-electron chi connectivity index (χ4n) is 3.72. The molecule has 176 valence electrons. The van der Waals surface area contributed by atoms with E-state index in [0.717, 1.165) is 0 Å². The predicted octanol–water partition coefficient (Wildman–Crippen LogP) is 3.77. The maximum absolute atomic E-state index is 12.9. The van der Waals surface area contributed by atoms with Gasteiger partial charge in [0.25, 0.3) is 0 Å². The first-order valence-electron chi connectivity index (χ1n) is 11.0. The Labute approximate surface area is 193 Å². The SMILES string of the molecule is C=C(CO)CO[C@@H]1O[C@H](CC)[C@@H](C)[C@H](OC(=O)c2ccccc2)[C@H]1OC(=O)c1ccccc1. The molecule has 0 radical (unpaired) electrons. The average Bonchev–Trinajstić information content (AvgIpc) is 2.86. The summed E-state index contributed by atoms with van der Waals surface area (Å²) >= 11 is 0. The number of carbonyl (C=O) groups is 2. The zero-order valence-corrected chi connectivity index (χ0v) is 18.9. The van der Waals surface area contributed by atoms with E-state index in [2.05, 4.69) is 6.58 Å². The van der Waals surface area contributed by atoms with Crippen molar-refractivity contribution in [3.8, 4) is 0 Å². The molecule has 1 heterocycles. The van der Waals surface area contributed by atoms with Crippen LogP contribution in [0.5, 0.6) is 0 Å². The lowest BCUT2D eigenvalue weighted by atomic mass is 9.89. The van der Waals surface area contributed by atoms with E-state index in [4.69, 9.17) is 18.9 Å². The summed E-state index contributed by atoms with van der Waals surface area (Å²) in [5.41, 5.74) is 1.19. The molecule has 7 nitrogen and oxygen atoms in total. The number of carbonyl (C=O) groups excluding carboxylic acids is 2. The average molecular weight is 455 g/mol. The van der Waals surface area contributed by atoms with Crippen LogP contribution in [0.25, 0.3) is 0 Å². The van der Waals surface area contributed by atoms with E-state index in [9.17, 15) is 14.7 Å². The summed E-state index contributed by atoms with van der Waals surface area (Å²) in [6.07, 6.45) is -2.49. The molecule has 1 aliphatic heterocycles. The highest BCUT2D eigenvalue weighted by atomic mass is 16.7. The molecule has 33 heavy (non-hydrogen) atoms. The lowest BCUT2D eigenvalue weighted by Gasteiger charge is -2.44. The number of esters is 2. The zero-order valence-electron chi connectivity index (χ0n) is 18.9. The molecule has 7 heteroatoms. The van der Waals surface area contributed by atoms with Crippen molar-refractivity contribution in [1.82, 2.24) is 0 Å². The maximum Gasteiger partial charge on any atom is 0.338 e. The van der Waals surface area contributed by atoms with Gasteiger partial charge in [-0.1, -0.05) is 56.8 Å². The summed E-state index contributed by atoms with van der Waals surface area (Å²) in [6, 6.07) is 17.2. The molecule has 2 aromatic rings. The van der Waals surface area contributed by atoms with Crippen molar-refractivity contribution in [3.05, 3.63) is 83.9 Å². The van der Waals surface area contributed by atoms with Crippen LogP contribution in [-0.4, -0.2) is 54.9 Å². The summed E-state index contributed by atoms with van der Waals surface area (Å²) in [7, 11) is 0. The third-order valence-corrected chi connectivity index (χ3v) is 5.59. The lowest BCUT2D eigenvalue weighted by Crippen LogP contribution is -2.57. The molecule has 0 amide bonds. The Balaban J connectivity index is 1.89. The van der Waals surface area contributed by atoms with Gasteiger partial charge in [0, 0.05) is 5.92 Å². The van der Waals surface area contributed by atoms with Crippen molar-refractivity contribution in [2.45, 2.75) is 44.9 Å². The van der Waals surface area contributed by atoms with Crippen LogP contribution in [-0.2, 0) is 18.9 Å². The second-order valence-electron chi connectivity index (χ2n) is 8.00. The number of hydrogen-bond acceptors (Lipinski definition) is 7. The Hall–Kier alpha value is -3.00. The second-order valence-corrected chi connectivity index (χ2v) is 8.00. The molecular weight excluding hydrogens is 424 g/mol. The highest BCUT2D eigenvalue weighted by Gasteiger charge is 2.48. The normalized spacial score (nSPS) is 24.6. The van der Waals surface area contributed by atoms with E-state index in [-0.39, 0.29) is 25.2 Å². The Morgan fingerprint density at radius 1 is 0.939 bits per heavy atom. The fourth-order valence-corrected chi connectivity index (χ4v) is 3.72. The minimum absolute atomic E-state index is 0.00468.